The molecule has 3 N–H and O–H groups in total. The summed E-state index contributed by atoms with van der Waals surface area (Å²) in [6.45, 7) is 8.39. The first kappa shape index (κ1) is 12.6. The monoisotopic (exact) mass is 187 g/mol. The number of hydrogen-bond donors (Lipinski definition) is 3. The Kier molecular flexibility index (Phi) is 5.95. The second-order valence-corrected chi connectivity index (χ2v) is 3.58. The fourth-order valence-electron chi connectivity index (χ4n) is 1.05. The van der Waals surface area contributed by atoms with E-state index in [1.165, 1.54) is 0 Å². The van der Waals surface area contributed by atoms with Crippen molar-refractivity contribution in [2.45, 2.75) is 32.2 Å². The van der Waals surface area contributed by atoms with Gasteiger partial charge in [0.1, 0.15) is 0 Å². The van der Waals surface area contributed by atoms with Gasteiger partial charge in [0.15, 0.2) is 0 Å². The van der Waals surface area contributed by atoms with Crippen LogP contribution in [-0.4, -0.2) is 35.5 Å². The highest BCUT2D eigenvalue weighted by Crippen LogP contribution is 2.08. The Morgan fingerprint density at radius 3 is 2.23 bits per heavy atom. The zero-order valence-corrected chi connectivity index (χ0v) is 8.64. The van der Waals surface area contributed by atoms with Crippen LogP contribution in [0.2, 0.25) is 0 Å². The summed E-state index contributed by atoms with van der Waals surface area (Å²) in [6.07, 6.45) is 1.60. The third kappa shape index (κ3) is 4.41. The van der Waals surface area contributed by atoms with E-state index < -0.39 is 5.54 Å². The van der Waals surface area contributed by atoms with E-state index in [9.17, 15) is 0 Å². The molecule has 0 fully saturated rings. The molecule has 0 aromatic rings. The summed E-state index contributed by atoms with van der Waals surface area (Å²) in [4.78, 5) is 0. The lowest BCUT2D eigenvalue weighted by Crippen LogP contribution is -2.51. The summed E-state index contributed by atoms with van der Waals surface area (Å²) in [5, 5.41) is 21.3. The molecule has 0 unspecified atom stereocenters. The maximum Gasteiger partial charge on any atom is 0.0645 e. The minimum atomic E-state index is -0.518. The molecule has 0 rings (SSSR count). The predicted octanol–water partition coefficient (Wildman–Crippen LogP) is 0.676. The average molecular weight is 187 g/mol. The van der Waals surface area contributed by atoms with Crippen LogP contribution in [0.3, 0.4) is 0 Å². The minimum Gasteiger partial charge on any atom is -0.394 e. The summed E-state index contributed by atoms with van der Waals surface area (Å²) >= 11 is 0. The second-order valence-electron chi connectivity index (χ2n) is 3.58. The Hall–Kier alpha value is -0.380. The molecule has 0 spiro atoms. The van der Waals surface area contributed by atoms with Gasteiger partial charge < -0.3 is 15.5 Å². The smallest absolute Gasteiger partial charge is 0.0645 e. The van der Waals surface area contributed by atoms with Crippen LogP contribution in [0.15, 0.2) is 12.2 Å². The van der Waals surface area contributed by atoms with Gasteiger partial charge in [-0.2, -0.15) is 0 Å². The van der Waals surface area contributed by atoms with Crippen LogP contribution >= 0.6 is 0 Å². The van der Waals surface area contributed by atoms with E-state index in [0.717, 1.165) is 25.0 Å². The van der Waals surface area contributed by atoms with Crippen molar-refractivity contribution in [1.82, 2.24) is 5.32 Å². The van der Waals surface area contributed by atoms with E-state index >= 15 is 0 Å². The lowest BCUT2D eigenvalue weighted by molar-refractivity contribution is 0.0883. The molecular formula is C10H21NO2. The molecule has 0 aliphatic rings. The van der Waals surface area contributed by atoms with Gasteiger partial charge in [-0.05, 0) is 26.3 Å². The quantitative estimate of drug-likeness (QED) is 0.514. The maximum absolute atomic E-state index is 9.10. The lowest BCUT2D eigenvalue weighted by Gasteiger charge is -2.29. The summed E-state index contributed by atoms with van der Waals surface area (Å²) < 4.78 is 0. The molecule has 0 radical (unpaired) electrons. The van der Waals surface area contributed by atoms with Crippen molar-refractivity contribution in [2.75, 3.05) is 19.8 Å². The fraction of sp³-hybridized carbons (Fsp3) is 0.800. The topological polar surface area (TPSA) is 52.5 Å². The Labute approximate surface area is 80.5 Å². The van der Waals surface area contributed by atoms with Crippen molar-refractivity contribution < 1.29 is 10.2 Å². The molecule has 3 heteroatoms. The first-order chi connectivity index (χ1) is 6.10. The highest BCUT2D eigenvalue weighted by atomic mass is 16.3. The Morgan fingerprint density at radius 2 is 1.92 bits per heavy atom. The van der Waals surface area contributed by atoms with Gasteiger partial charge in [0, 0.05) is 0 Å². The summed E-state index contributed by atoms with van der Waals surface area (Å²) in [5.41, 5.74) is 0.587. The van der Waals surface area contributed by atoms with Crippen LogP contribution in [0, 0.1) is 0 Å². The third-order valence-electron chi connectivity index (χ3n) is 2.33. The van der Waals surface area contributed by atoms with Crippen molar-refractivity contribution in [1.29, 1.82) is 0 Å². The van der Waals surface area contributed by atoms with E-state index in [1.807, 2.05) is 13.8 Å². The van der Waals surface area contributed by atoms with Gasteiger partial charge in [0.05, 0.1) is 18.8 Å². The van der Waals surface area contributed by atoms with Crippen molar-refractivity contribution in [3.05, 3.63) is 12.2 Å². The van der Waals surface area contributed by atoms with E-state index in [0.29, 0.717) is 0 Å². The standard InChI is InChI=1S/C10H21NO2/c1-4-10(7-12,8-13)11-6-5-9(2)3/h11-13H,2,4-8H2,1,3H3. The third-order valence-corrected chi connectivity index (χ3v) is 2.33. The van der Waals surface area contributed by atoms with Gasteiger partial charge in [-0.15, -0.1) is 6.58 Å². The summed E-state index contributed by atoms with van der Waals surface area (Å²) in [6, 6.07) is 0. The van der Waals surface area contributed by atoms with Crippen LogP contribution in [0.1, 0.15) is 26.7 Å². The van der Waals surface area contributed by atoms with E-state index in [4.69, 9.17) is 10.2 Å². The number of aliphatic hydroxyl groups is 2. The first-order valence-corrected chi connectivity index (χ1v) is 4.71. The van der Waals surface area contributed by atoms with E-state index in [1.54, 1.807) is 0 Å². The SMILES string of the molecule is C=C(C)CCNC(CC)(CO)CO. The van der Waals surface area contributed by atoms with Crippen LogP contribution < -0.4 is 5.32 Å². The number of aliphatic hydroxyl groups excluding tert-OH is 2. The van der Waals surface area contributed by atoms with Gasteiger partial charge >= 0.3 is 0 Å². The second kappa shape index (κ2) is 6.13. The molecule has 78 valence electrons. The molecule has 0 heterocycles. The first-order valence-electron chi connectivity index (χ1n) is 4.71. The average Bonchev–Trinajstić information content (AvgIpc) is 2.13. The van der Waals surface area contributed by atoms with Crippen LogP contribution in [0.25, 0.3) is 0 Å². The minimum absolute atomic E-state index is 0.0316. The number of nitrogens with one attached hydrogen (secondary N) is 1. The van der Waals surface area contributed by atoms with Gasteiger partial charge in [-0.3, -0.25) is 0 Å². The van der Waals surface area contributed by atoms with Gasteiger partial charge in [0.25, 0.3) is 0 Å². The van der Waals surface area contributed by atoms with Gasteiger partial charge in [0.2, 0.25) is 0 Å². The van der Waals surface area contributed by atoms with Crippen molar-refractivity contribution >= 4 is 0 Å². The van der Waals surface area contributed by atoms with Crippen LogP contribution in [0.5, 0.6) is 0 Å². The highest BCUT2D eigenvalue weighted by Gasteiger charge is 2.24. The summed E-state index contributed by atoms with van der Waals surface area (Å²) in [5.74, 6) is 0. The number of hydrogen-bond acceptors (Lipinski definition) is 3. The molecule has 0 aliphatic carbocycles. The number of rotatable bonds is 7. The molecule has 0 aromatic carbocycles. The van der Waals surface area contributed by atoms with E-state index in [2.05, 4.69) is 11.9 Å². The maximum atomic E-state index is 9.10. The highest BCUT2D eigenvalue weighted by molar-refractivity contribution is 4.91. The summed E-state index contributed by atoms with van der Waals surface area (Å²) in [7, 11) is 0. The Bertz CT molecular complexity index is 145. The lowest BCUT2D eigenvalue weighted by atomic mass is 9.98. The molecule has 0 aromatic heterocycles. The molecule has 0 saturated heterocycles. The van der Waals surface area contributed by atoms with Gasteiger partial charge in [-0.25, -0.2) is 0 Å². The zero-order chi connectivity index (χ0) is 10.3. The normalized spacial score (nSPS) is 11.7. The van der Waals surface area contributed by atoms with Gasteiger partial charge in [-0.1, -0.05) is 12.5 Å². The Morgan fingerprint density at radius 1 is 1.38 bits per heavy atom. The largest absolute Gasteiger partial charge is 0.394 e. The van der Waals surface area contributed by atoms with Crippen molar-refractivity contribution in [2.24, 2.45) is 0 Å². The van der Waals surface area contributed by atoms with Crippen molar-refractivity contribution in [3.8, 4) is 0 Å². The molecule has 0 amide bonds. The molecule has 0 bridgehead atoms. The molecule has 13 heavy (non-hydrogen) atoms. The molecule has 0 atom stereocenters. The molecule has 0 saturated carbocycles. The van der Waals surface area contributed by atoms with Crippen LogP contribution in [-0.2, 0) is 0 Å². The fourth-order valence-corrected chi connectivity index (χ4v) is 1.05. The van der Waals surface area contributed by atoms with E-state index in [-0.39, 0.29) is 13.2 Å². The molecular weight excluding hydrogens is 166 g/mol. The van der Waals surface area contributed by atoms with Crippen LogP contribution in [0.4, 0.5) is 0 Å². The zero-order valence-electron chi connectivity index (χ0n) is 8.64. The molecule has 0 aliphatic heterocycles. The predicted molar refractivity (Wildman–Crippen MR) is 54.6 cm³/mol. The van der Waals surface area contributed by atoms with Crippen molar-refractivity contribution in [3.63, 3.8) is 0 Å². The Balaban J connectivity index is 3.88. The molecule has 3 nitrogen and oxygen atoms in total.